The molecule has 262 valence electrons. The van der Waals surface area contributed by atoms with Gasteiger partial charge in [-0.3, -0.25) is 14.4 Å². The van der Waals surface area contributed by atoms with Crippen LogP contribution in [0.3, 0.4) is 0 Å². The molecule has 0 aromatic carbocycles. The van der Waals surface area contributed by atoms with Crippen molar-refractivity contribution in [2.75, 3.05) is 33.0 Å². The lowest BCUT2D eigenvalue weighted by atomic mass is 9.99. The van der Waals surface area contributed by atoms with Crippen molar-refractivity contribution in [2.24, 2.45) is 0 Å². The standard InChI is InChI=1S/C28H50N2O15/c1-15(33)16(30-20(35)8-3-5-11-42-27-25(40)23(38)21(36)17(13-31)44-27)7-2-4-10-29-19(34)9-6-12-43-28-26(41)24(39)22(37)18(14-32)45-28/h16-18,21-28,31-32,36-41H,2-14H2,1H3,(H,29,34)(H,30,35). The van der Waals surface area contributed by atoms with Crippen LogP contribution in [-0.4, -0.2) is 159 Å². The Balaban J connectivity index is 1.54. The van der Waals surface area contributed by atoms with Crippen molar-refractivity contribution in [3.63, 3.8) is 0 Å². The molecule has 2 amide bonds. The molecule has 45 heavy (non-hydrogen) atoms. The number of Topliss-reactive ketones (excluding diaryl/α,β-unsaturated/α-hetero) is 1. The van der Waals surface area contributed by atoms with E-state index >= 15 is 0 Å². The second kappa shape index (κ2) is 20.4. The Morgan fingerprint density at radius 3 is 1.69 bits per heavy atom. The molecule has 2 heterocycles. The summed E-state index contributed by atoms with van der Waals surface area (Å²) < 4.78 is 21.2. The number of aliphatic hydroxyl groups is 8. The number of carbonyl (C=O) groups excluding carboxylic acids is 3. The van der Waals surface area contributed by atoms with Gasteiger partial charge in [0.05, 0.1) is 25.9 Å². The van der Waals surface area contributed by atoms with E-state index in [2.05, 4.69) is 10.6 Å². The van der Waals surface area contributed by atoms with Gasteiger partial charge in [-0.1, -0.05) is 0 Å². The second-order valence-corrected chi connectivity index (χ2v) is 11.3. The Hall–Kier alpha value is -1.87. The molecule has 2 fully saturated rings. The zero-order chi connectivity index (χ0) is 33.5. The number of hydrogen-bond acceptors (Lipinski definition) is 15. The van der Waals surface area contributed by atoms with E-state index in [4.69, 9.17) is 18.9 Å². The zero-order valence-corrected chi connectivity index (χ0v) is 25.5. The van der Waals surface area contributed by atoms with Gasteiger partial charge in [0, 0.05) is 26.0 Å². The monoisotopic (exact) mass is 654 g/mol. The quantitative estimate of drug-likeness (QED) is 0.0559. The van der Waals surface area contributed by atoms with Gasteiger partial charge in [-0.05, 0) is 45.4 Å². The van der Waals surface area contributed by atoms with Gasteiger partial charge >= 0.3 is 0 Å². The summed E-state index contributed by atoms with van der Waals surface area (Å²) in [5.74, 6) is -0.751. The maximum atomic E-state index is 12.3. The van der Waals surface area contributed by atoms with Crippen LogP contribution in [0.4, 0.5) is 0 Å². The summed E-state index contributed by atoms with van der Waals surface area (Å²) in [6, 6.07) is -0.668. The van der Waals surface area contributed by atoms with Crippen LogP contribution in [0, 0.1) is 0 Å². The van der Waals surface area contributed by atoms with Crippen molar-refractivity contribution >= 4 is 17.6 Å². The molecule has 2 rings (SSSR count). The molecule has 10 N–H and O–H groups in total. The van der Waals surface area contributed by atoms with Crippen molar-refractivity contribution in [2.45, 2.75) is 126 Å². The molecule has 0 spiro atoms. The number of ether oxygens (including phenoxy) is 4. The van der Waals surface area contributed by atoms with Crippen molar-refractivity contribution in [1.29, 1.82) is 0 Å². The summed E-state index contributed by atoms with van der Waals surface area (Å²) in [6.45, 7) is 0.728. The van der Waals surface area contributed by atoms with Crippen molar-refractivity contribution < 1.29 is 74.2 Å². The lowest BCUT2D eigenvalue weighted by molar-refractivity contribution is -0.301. The summed E-state index contributed by atoms with van der Waals surface area (Å²) in [4.78, 5) is 36.4. The Bertz CT molecular complexity index is 894. The van der Waals surface area contributed by atoms with E-state index in [0.29, 0.717) is 45.1 Å². The minimum atomic E-state index is -1.54. The van der Waals surface area contributed by atoms with E-state index in [1.807, 2.05) is 0 Å². The van der Waals surface area contributed by atoms with Gasteiger partial charge < -0.3 is 70.4 Å². The van der Waals surface area contributed by atoms with Gasteiger partial charge in [-0.25, -0.2) is 0 Å². The highest BCUT2D eigenvalue weighted by Crippen LogP contribution is 2.23. The third-order valence-electron chi connectivity index (χ3n) is 7.68. The molecule has 2 aliphatic rings. The smallest absolute Gasteiger partial charge is 0.220 e. The molecule has 0 aromatic heterocycles. The van der Waals surface area contributed by atoms with Crippen LogP contribution < -0.4 is 10.6 Å². The van der Waals surface area contributed by atoms with Crippen LogP contribution in [-0.2, 0) is 33.3 Å². The van der Waals surface area contributed by atoms with Crippen molar-refractivity contribution in [1.82, 2.24) is 10.6 Å². The molecule has 11 unspecified atom stereocenters. The summed E-state index contributed by atoms with van der Waals surface area (Å²) in [7, 11) is 0. The number of unbranched alkanes of at least 4 members (excludes halogenated alkanes) is 2. The number of rotatable bonds is 20. The average Bonchev–Trinajstić information content (AvgIpc) is 3.01. The van der Waals surface area contributed by atoms with Crippen molar-refractivity contribution in [3.8, 4) is 0 Å². The molecule has 17 nitrogen and oxygen atoms in total. The molecule has 17 heteroatoms. The highest BCUT2D eigenvalue weighted by Gasteiger charge is 2.45. The summed E-state index contributed by atoms with van der Waals surface area (Å²) in [6.07, 6.45) is -10.8. The second-order valence-electron chi connectivity index (χ2n) is 11.3. The first-order valence-corrected chi connectivity index (χ1v) is 15.3. The first-order valence-electron chi connectivity index (χ1n) is 15.3. The number of aliphatic hydroxyl groups excluding tert-OH is 8. The number of hydrogen-bond donors (Lipinski definition) is 10. The predicted octanol–water partition coefficient (Wildman–Crippen LogP) is -4.07. The minimum absolute atomic E-state index is 0.0291. The Morgan fingerprint density at radius 2 is 1.18 bits per heavy atom. The molecule has 2 aliphatic heterocycles. The van der Waals surface area contributed by atoms with E-state index < -0.39 is 80.7 Å². The van der Waals surface area contributed by atoms with Gasteiger partial charge in [0.25, 0.3) is 0 Å². The Morgan fingerprint density at radius 1 is 0.667 bits per heavy atom. The Kier molecular flexibility index (Phi) is 17.8. The summed E-state index contributed by atoms with van der Waals surface area (Å²) in [5.41, 5.74) is 0. The zero-order valence-electron chi connectivity index (χ0n) is 25.5. The van der Waals surface area contributed by atoms with E-state index in [1.165, 1.54) is 6.92 Å². The van der Waals surface area contributed by atoms with Gasteiger partial charge in [0.15, 0.2) is 18.4 Å². The average molecular weight is 655 g/mol. The number of carbonyl (C=O) groups is 3. The largest absolute Gasteiger partial charge is 0.394 e. The van der Waals surface area contributed by atoms with Crippen LogP contribution in [0.5, 0.6) is 0 Å². The lowest BCUT2D eigenvalue weighted by Gasteiger charge is -2.39. The minimum Gasteiger partial charge on any atom is -0.394 e. The number of nitrogens with one attached hydrogen (secondary N) is 2. The molecular weight excluding hydrogens is 604 g/mol. The predicted molar refractivity (Wildman–Crippen MR) is 152 cm³/mol. The van der Waals surface area contributed by atoms with Crippen LogP contribution in [0.1, 0.15) is 58.3 Å². The van der Waals surface area contributed by atoms with Gasteiger partial charge in [-0.15, -0.1) is 0 Å². The van der Waals surface area contributed by atoms with Crippen molar-refractivity contribution in [3.05, 3.63) is 0 Å². The highest BCUT2D eigenvalue weighted by atomic mass is 16.7. The highest BCUT2D eigenvalue weighted by molar-refractivity contribution is 5.87. The maximum absolute atomic E-state index is 12.3. The summed E-state index contributed by atoms with van der Waals surface area (Å²) >= 11 is 0. The van der Waals surface area contributed by atoms with Gasteiger partial charge in [0.2, 0.25) is 11.8 Å². The maximum Gasteiger partial charge on any atom is 0.220 e. The van der Waals surface area contributed by atoms with E-state index in [0.717, 1.165) is 0 Å². The summed E-state index contributed by atoms with van der Waals surface area (Å²) in [5, 5.41) is 83.0. The molecule has 11 atom stereocenters. The van der Waals surface area contributed by atoms with Crippen LogP contribution >= 0.6 is 0 Å². The molecule has 0 aliphatic carbocycles. The van der Waals surface area contributed by atoms with E-state index in [-0.39, 0.29) is 43.7 Å². The molecule has 0 saturated carbocycles. The van der Waals surface area contributed by atoms with Crippen LogP contribution in [0.2, 0.25) is 0 Å². The lowest BCUT2D eigenvalue weighted by Crippen LogP contribution is -2.59. The van der Waals surface area contributed by atoms with Gasteiger partial charge in [0.1, 0.15) is 48.8 Å². The molecule has 2 saturated heterocycles. The van der Waals surface area contributed by atoms with Crippen LogP contribution in [0.25, 0.3) is 0 Å². The molecule has 0 radical (unpaired) electrons. The normalized spacial score (nSPS) is 32.6. The third-order valence-corrected chi connectivity index (χ3v) is 7.68. The SMILES string of the molecule is CC(=O)C(CCCCNC(=O)CCCOC1OC(CO)C(O)C(O)C1O)NC(=O)CCCCOC1OC(CO)C(O)C(O)C1O. The first kappa shape index (κ1) is 39.3. The van der Waals surface area contributed by atoms with E-state index in [9.17, 15) is 55.2 Å². The topological polar surface area (TPSA) is 274 Å². The molecule has 0 aromatic rings. The van der Waals surface area contributed by atoms with Gasteiger partial charge in [-0.2, -0.15) is 0 Å². The molecular formula is C28H50N2O15. The molecule has 0 bridgehead atoms. The Labute approximate surface area is 261 Å². The third kappa shape index (κ3) is 12.7. The number of amides is 2. The fraction of sp³-hybridized carbons (Fsp3) is 0.893. The fourth-order valence-corrected chi connectivity index (χ4v) is 4.86. The first-order chi connectivity index (χ1) is 21.4. The van der Waals surface area contributed by atoms with Crippen LogP contribution in [0.15, 0.2) is 0 Å². The van der Waals surface area contributed by atoms with E-state index in [1.54, 1.807) is 0 Å². The fourth-order valence-electron chi connectivity index (χ4n) is 4.86. The number of ketones is 1.